The van der Waals surface area contributed by atoms with Crippen LogP contribution in [0.15, 0.2) is 47.9 Å². The molecule has 0 radical (unpaired) electrons. The summed E-state index contributed by atoms with van der Waals surface area (Å²) in [4.78, 5) is 6.15. The molecule has 1 aliphatic heterocycles. The zero-order valence-electron chi connectivity index (χ0n) is 17.5. The Bertz CT molecular complexity index is 1090. The van der Waals surface area contributed by atoms with E-state index in [2.05, 4.69) is 42.3 Å². The van der Waals surface area contributed by atoms with Crippen LogP contribution in [0.3, 0.4) is 0 Å². The summed E-state index contributed by atoms with van der Waals surface area (Å²) >= 11 is 8.13. The molecular formula is C23H27ClN2O2S2. The fourth-order valence-electron chi connectivity index (χ4n) is 4.15. The van der Waals surface area contributed by atoms with E-state index in [4.69, 9.17) is 16.6 Å². The van der Waals surface area contributed by atoms with Crippen molar-refractivity contribution < 1.29 is 8.42 Å². The van der Waals surface area contributed by atoms with Crippen molar-refractivity contribution in [3.63, 3.8) is 0 Å². The van der Waals surface area contributed by atoms with Crippen molar-refractivity contribution in [1.82, 2.24) is 4.98 Å². The predicted octanol–water partition coefficient (Wildman–Crippen LogP) is 5.30. The van der Waals surface area contributed by atoms with Gasteiger partial charge in [-0.3, -0.25) is 0 Å². The third kappa shape index (κ3) is 4.10. The van der Waals surface area contributed by atoms with Crippen LogP contribution in [0.4, 0.5) is 5.13 Å². The minimum absolute atomic E-state index is 0.368. The van der Waals surface area contributed by atoms with E-state index in [9.17, 15) is 8.42 Å². The van der Waals surface area contributed by atoms with Gasteiger partial charge in [-0.2, -0.15) is 0 Å². The van der Waals surface area contributed by atoms with Gasteiger partial charge in [-0.25, -0.2) is 13.4 Å². The average Bonchev–Trinajstić information content (AvgIpc) is 3.20. The summed E-state index contributed by atoms with van der Waals surface area (Å²) < 4.78 is 26.5. The number of nitrogens with zero attached hydrogens (tertiary/aromatic N) is 2. The number of hydrogen-bond donors (Lipinski definition) is 0. The van der Waals surface area contributed by atoms with E-state index in [1.54, 1.807) is 36.5 Å². The number of piperidine rings is 1. The molecule has 4 rings (SSSR count). The maximum absolute atomic E-state index is 13.2. The summed E-state index contributed by atoms with van der Waals surface area (Å²) in [5.74, 6) is 0. The highest BCUT2D eigenvalue weighted by molar-refractivity contribution is 7.93. The molecule has 0 saturated carbocycles. The second-order valence-corrected chi connectivity index (χ2v) is 12.4. The Hall–Kier alpha value is -1.63. The second-order valence-electron chi connectivity index (χ2n) is 8.41. The van der Waals surface area contributed by atoms with Crippen LogP contribution in [-0.2, 0) is 9.84 Å². The highest BCUT2D eigenvalue weighted by Gasteiger charge is 2.44. The van der Waals surface area contributed by atoms with Gasteiger partial charge in [-0.1, -0.05) is 36.4 Å². The summed E-state index contributed by atoms with van der Waals surface area (Å²) in [5.41, 5.74) is 4.63. The lowest BCUT2D eigenvalue weighted by Crippen LogP contribution is -2.47. The summed E-state index contributed by atoms with van der Waals surface area (Å²) in [7, 11) is -3.36. The van der Waals surface area contributed by atoms with Crippen molar-refractivity contribution in [1.29, 1.82) is 0 Å². The maximum atomic E-state index is 13.2. The van der Waals surface area contributed by atoms with E-state index in [1.807, 2.05) is 6.08 Å². The van der Waals surface area contributed by atoms with Gasteiger partial charge in [0.2, 0.25) is 0 Å². The van der Waals surface area contributed by atoms with E-state index < -0.39 is 20.0 Å². The van der Waals surface area contributed by atoms with Crippen LogP contribution in [-0.4, -0.2) is 41.9 Å². The van der Waals surface area contributed by atoms with Gasteiger partial charge in [0.25, 0.3) is 0 Å². The molecule has 1 saturated heterocycles. The number of allylic oxidation sites excluding steroid dienone is 3. The monoisotopic (exact) mass is 462 g/mol. The molecule has 0 N–H and O–H groups in total. The Labute approximate surface area is 188 Å². The standard InChI is InChI=1S/C23H27ClN2O2S2/c1-16-7-8-18(14-17(16)2)20-15-29-22(25-20)26-12-9-19(10-13-26)30(27,28)21-6-4-5-11-23(21,3)24/h4-8,11,14-15,19,21H,9-10,12-13H2,1-3H3. The lowest BCUT2D eigenvalue weighted by atomic mass is 10.0. The molecule has 0 amide bonds. The van der Waals surface area contributed by atoms with E-state index in [1.165, 1.54) is 11.1 Å². The number of rotatable bonds is 4. The predicted molar refractivity (Wildman–Crippen MR) is 128 cm³/mol. The topological polar surface area (TPSA) is 50.3 Å². The lowest BCUT2D eigenvalue weighted by molar-refractivity contribution is 0.518. The summed E-state index contributed by atoms with van der Waals surface area (Å²) in [6, 6.07) is 6.40. The normalized spacial score (nSPS) is 25.1. The smallest absolute Gasteiger partial charge is 0.185 e. The summed E-state index contributed by atoms with van der Waals surface area (Å²) in [6.45, 7) is 7.37. The molecule has 30 heavy (non-hydrogen) atoms. The fraction of sp³-hybridized carbons (Fsp3) is 0.435. The molecule has 1 fully saturated rings. The molecule has 2 aliphatic rings. The minimum Gasteiger partial charge on any atom is -0.348 e. The Morgan fingerprint density at radius 2 is 1.90 bits per heavy atom. The molecule has 2 aromatic rings. The Morgan fingerprint density at radius 1 is 1.17 bits per heavy atom. The minimum atomic E-state index is -3.36. The first-order chi connectivity index (χ1) is 14.2. The molecule has 1 aliphatic carbocycles. The number of anilines is 1. The lowest BCUT2D eigenvalue weighted by Gasteiger charge is -2.36. The number of aryl methyl sites for hydroxylation is 2. The van der Waals surface area contributed by atoms with Crippen LogP contribution in [0.2, 0.25) is 0 Å². The molecule has 1 aromatic carbocycles. The largest absolute Gasteiger partial charge is 0.348 e. The molecule has 1 aromatic heterocycles. The molecule has 2 atom stereocenters. The first kappa shape index (κ1) is 21.6. The van der Waals surface area contributed by atoms with Gasteiger partial charge in [0.15, 0.2) is 15.0 Å². The van der Waals surface area contributed by atoms with Crippen molar-refractivity contribution in [2.75, 3.05) is 18.0 Å². The number of hydrogen-bond acceptors (Lipinski definition) is 5. The Kier molecular flexibility index (Phi) is 5.86. The van der Waals surface area contributed by atoms with Crippen LogP contribution in [0, 0.1) is 13.8 Å². The van der Waals surface area contributed by atoms with E-state index in [0.29, 0.717) is 25.9 Å². The van der Waals surface area contributed by atoms with Gasteiger partial charge in [-0.05, 0) is 50.8 Å². The van der Waals surface area contributed by atoms with Crippen molar-refractivity contribution in [3.8, 4) is 11.3 Å². The Morgan fingerprint density at radius 3 is 2.57 bits per heavy atom. The van der Waals surface area contributed by atoms with E-state index in [-0.39, 0.29) is 5.25 Å². The van der Waals surface area contributed by atoms with Gasteiger partial charge in [0.05, 0.1) is 15.8 Å². The number of thiazole rings is 1. The number of halogens is 1. The third-order valence-corrected chi connectivity index (χ3v) is 10.3. The highest BCUT2D eigenvalue weighted by Crippen LogP contribution is 2.36. The van der Waals surface area contributed by atoms with Crippen molar-refractivity contribution in [2.45, 2.75) is 49.0 Å². The zero-order chi connectivity index (χ0) is 21.5. The van der Waals surface area contributed by atoms with E-state index >= 15 is 0 Å². The van der Waals surface area contributed by atoms with Crippen LogP contribution < -0.4 is 4.90 Å². The zero-order valence-corrected chi connectivity index (χ0v) is 19.9. The third-order valence-electron chi connectivity index (χ3n) is 6.20. The van der Waals surface area contributed by atoms with Crippen molar-refractivity contribution >= 4 is 37.9 Å². The van der Waals surface area contributed by atoms with Crippen molar-refractivity contribution in [2.24, 2.45) is 0 Å². The fourth-order valence-corrected chi connectivity index (χ4v) is 7.87. The molecule has 4 nitrogen and oxygen atoms in total. The van der Waals surface area contributed by atoms with Crippen LogP contribution in [0.25, 0.3) is 11.3 Å². The van der Waals surface area contributed by atoms with Crippen LogP contribution in [0.5, 0.6) is 0 Å². The molecular weight excluding hydrogens is 436 g/mol. The quantitative estimate of drug-likeness (QED) is 0.578. The van der Waals surface area contributed by atoms with Gasteiger partial charge in [0, 0.05) is 24.0 Å². The van der Waals surface area contributed by atoms with Gasteiger partial charge < -0.3 is 4.90 Å². The van der Waals surface area contributed by atoms with Gasteiger partial charge in [0.1, 0.15) is 5.25 Å². The number of benzene rings is 1. The van der Waals surface area contributed by atoms with E-state index in [0.717, 1.165) is 16.4 Å². The van der Waals surface area contributed by atoms with Gasteiger partial charge >= 0.3 is 0 Å². The van der Waals surface area contributed by atoms with Crippen LogP contribution in [0.1, 0.15) is 30.9 Å². The molecule has 0 bridgehead atoms. The molecule has 2 unspecified atom stereocenters. The molecule has 2 heterocycles. The van der Waals surface area contributed by atoms with Gasteiger partial charge in [-0.15, -0.1) is 22.9 Å². The summed E-state index contributed by atoms with van der Waals surface area (Å²) in [5, 5.41) is 2.00. The first-order valence-electron chi connectivity index (χ1n) is 10.2. The van der Waals surface area contributed by atoms with Crippen LogP contribution >= 0.6 is 22.9 Å². The average molecular weight is 463 g/mol. The Balaban J connectivity index is 1.45. The number of alkyl halides is 1. The maximum Gasteiger partial charge on any atom is 0.185 e. The SMILES string of the molecule is Cc1ccc(-c2csc(N3CCC(S(=O)(=O)C4C=CC=CC4(C)Cl)CC3)n2)cc1C. The first-order valence-corrected chi connectivity index (χ1v) is 13.1. The molecule has 7 heteroatoms. The molecule has 160 valence electrons. The second kappa shape index (κ2) is 8.13. The summed E-state index contributed by atoms with van der Waals surface area (Å²) in [6.07, 6.45) is 8.30. The van der Waals surface area contributed by atoms with Crippen molar-refractivity contribution in [3.05, 3.63) is 59.0 Å². The molecule has 0 spiro atoms. The highest BCUT2D eigenvalue weighted by atomic mass is 35.5. The number of aromatic nitrogens is 1. The number of sulfone groups is 1.